The molecule has 1 fully saturated rings. The number of nitrogens with zero attached hydrogens (tertiary/aromatic N) is 3. The predicted octanol–water partition coefficient (Wildman–Crippen LogP) is 2.02. The van der Waals surface area contributed by atoms with E-state index in [2.05, 4.69) is 41.1 Å². The van der Waals surface area contributed by atoms with Crippen molar-refractivity contribution in [3.05, 3.63) is 11.7 Å². The molecular formula is C15H28N4O. The molecule has 20 heavy (non-hydrogen) atoms. The lowest BCUT2D eigenvalue weighted by molar-refractivity contribution is 0.0855. The second-order valence-corrected chi connectivity index (χ2v) is 5.96. The van der Waals surface area contributed by atoms with Crippen LogP contribution in [0.3, 0.4) is 0 Å². The maximum atomic E-state index is 5.02. The summed E-state index contributed by atoms with van der Waals surface area (Å²) in [6, 6.07) is 1.26. The molecule has 3 unspecified atom stereocenters. The van der Waals surface area contributed by atoms with Crippen LogP contribution in [0.2, 0.25) is 0 Å². The van der Waals surface area contributed by atoms with Crippen molar-refractivity contribution in [1.29, 1.82) is 0 Å². The number of aryl methyl sites for hydroxylation is 1. The highest BCUT2D eigenvalue weighted by molar-refractivity contribution is 4.91. The van der Waals surface area contributed by atoms with Crippen molar-refractivity contribution < 1.29 is 4.52 Å². The first-order chi connectivity index (χ1) is 9.61. The molecule has 114 valence electrons. The lowest BCUT2D eigenvalue weighted by Gasteiger charge is -2.43. The number of nitrogens with one attached hydrogen (secondary N) is 1. The van der Waals surface area contributed by atoms with Gasteiger partial charge in [0.05, 0.1) is 0 Å². The maximum Gasteiger partial charge on any atom is 0.223 e. The number of likely N-dealkylation sites (tertiary alicyclic amines) is 1. The Balaban J connectivity index is 1.82. The molecule has 2 heterocycles. The summed E-state index contributed by atoms with van der Waals surface area (Å²) in [5, 5.41) is 7.66. The second-order valence-electron chi connectivity index (χ2n) is 5.96. The largest absolute Gasteiger partial charge is 0.340 e. The zero-order chi connectivity index (χ0) is 14.5. The van der Waals surface area contributed by atoms with Crippen molar-refractivity contribution in [1.82, 2.24) is 20.4 Å². The van der Waals surface area contributed by atoms with E-state index < -0.39 is 0 Å². The number of hydrogen-bond acceptors (Lipinski definition) is 5. The van der Waals surface area contributed by atoms with E-state index in [4.69, 9.17) is 4.52 Å². The third kappa shape index (κ3) is 3.79. The average Bonchev–Trinajstić information content (AvgIpc) is 2.85. The molecule has 1 saturated heterocycles. The predicted molar refractivity (Wildman–Crippen MR) is 79.6 cm³/mol. The molecule has 5 heteroatoms. The summed E-state index contributed by atoms with van der Waals surface area (Å²) in [4.78, 5) is 6.83. The van der Waals surface area contributed by atoms with Crippen molar-refractivity contribution in [3.63, 3.8) is 0 Å². The van der Waals surface area contributed by atoms with Gasteiger partial charge in [0, 0.05) is 32.0 Å². The number of rotatable bonds is 6. The molecule has 0 spiro atoms. The van der Waals surface area contributed by atoms with Crippen LogP contribution in [0.4, 0.5) is 0 Å². The lowest BCUT2D eigenvalue weighted by atomic mass is 9.87. The van der Waals surface area contributed by atoms with Gasteiger partial charge in [-0.3, -0.25) is 4.90 Å². The summed E-state index contributed by atoms with van der Waals surface area (Å²) >= 11 is 0. The van der Waals surface area contributed by atoms with Crippen molar-refractivity contribution in [3.8, 4) is 0 Å². The topological polar surface area (TPSA) is 54.2 Å². The molecule has 1 aliphatic heterocycles. The Kier molecular flexibility index (Phi) is 5.54. The van der Waals surface area contributed by atoms with E-state index in [1.54, 1.807) is 0 Å². The van der Waals surface area contributed by atoms with E-state index in [0.717, 1.165) is 31.9 Å². The molecule has 0 aromatic carbocycles. The molecule has 0 radical (unpaired) electrons. The highest BCUT2D eigenvalue weighted by atomic mass is 16.5. The summed E-state index contributed by atoms with van der Waals surface area (Å²) in [7, 11) is 0. The SMILES string of the molecule is CCCNC1CCN(CCc2noc(C)n2)C(C)C1C. The standard InChI is InChI=1S/C15H28N4O/c1-5-8-16-14-6-9-19(12(3)11(14)2)10-7-15-17-13(4)20-18-15/h11-12,14,16H,5-10H2,1-4H3. The Hall–Kier alpha value is -0.940. The molecule has 1 aliphatic rings. The van der Waals surface area contributed by atoms with Crippen molar-refractivity contribution in [2.45, 2.75) is 59.0 Å². The maximum absolute atomic E-state index is 5.02. The Bertz CT molecular complexity index is 406. The van der Waals surface area contributed by atoms with E-state index in [1.807, 2.05) is 6.92 Å². The minimum absolute atomic E-state index is 0.603. The molecule has 0 amide bonds. The zero-order valence-corrected chi connectivity index (χ0v) is 13.2. The first-order valence-electron chi connectivity index (χ1n) is 7.88. The fourth-order valence-electron chi connectivity index (χ4n) is 3.06. The van der Waals surface area contributed by atoms with Crippen molar-refractivity contribution >= 4 is 0 Å². The van der Waals surface area contributed by atoms with Gasteiger partial charge in [0.25, 0.3) is 0 Å². The fraction of sp³-hybridized carbons (Fsp3) is 0.867. The smallest absolute Gasteiger partial charge is 0.223 e. The number of hydrogen-bond donors (Lipinski definition) is 1. The first-order valence-corrected chi connectivity index (χ1v) is 7.88. The van der Waals surface area contributed by atoms with Gasteiger partial charge in [-0.1, -0.05) is 19.0 Å². The molecule has 2 rings (SSSR count). The van der Waals surface area contributed by atoms with Crippen molar-refractivity contribution in [2.75, 3.05) is 19.6 Å². The van der Waals surface area contributed by atoms with Gasteiger partial charge in [0.15, 0.2) is 5.82 Å². The Labute approximate surface area is 122 Å². The van der Waals surface area contributed by atoms with E-state index in [1.165, 1.54) is 12.8 Å². The van der Waals surface area contributed by atoms with Crippen molar-refractivity contribution in [2.24, 2.45) is 5.92 Å². The fourth-order valence-corrected chi connectivity index (χ4v) is 3.06. The monoisotopic (exact) mass is 280 g/mol. The molecule has 1 aromatic rings. The van der Waals surface area contributed by atoms with Crippen LogP contribution < -0.4 is 5.32 Å². The number of piperidine rings is 1. The number of aromatic nitrogens is 2. The zero-order valence-electron chi connectivity index (χ0n) is 13.2. The van der Waals surface area contributed by atoms with E-state index in [-0.39, 0.29) is 0 Å². The molecule has 0 saturated carbocycles. The van der Waals surface area contributed by atoms with E-state index in [9.17, 15) is 0 Å². The van der Waals surface area contributed by atoms with Gasteiger partial charge in [0.2, 0.25) is 5.89 Å². The Morgan fingerprint density at radius 3 is 2.85 bits per heavy atom. The van der Waals surface area contributed by atoms with Gasteiger partial charge in [-0.25, -0.2) is 0 Å². The van der Waals surface area contributed by atoms with Gasteiger partial charge < -0.3 is 9.84 Å². The summed E-state index contributed by atoms with van der Waals surface area (Å²) in [5.74, 6) is 2.17. The minimum atomic E-state index is 0.603. The summed E-state index contributed by atoms with van der Waals surface area (Å²) in [5.41, 5.74) is 0. The third-order valence-corrected chi connectivity index (χ3v) is 4.55. The summed E-state index contributed by atoms with van der Waals surface area (Å²) in [6.45, 7) is 12.1. The van der Waals surface area contributed by atoms with E-state index in [0.29, 0.717) is 23.9 Å². The molecule has 0 aliphatic carbocycles. The normalized spacial score (nSPS) is 27.9. The van der Waals surface area contributed by atoms with Crippen LogP contribution in [0.25, 0.3) is 0 Å². The van der Waals surface area contributed by atoms with Gasteiger partial charge in [0.1, 0.15) is 0 Å². The van der Waals surface area contributed by atoms with Crippen LogP contribution in [0.15, 0.2) is 4.52 Å². The molecule has 5 nitrogen and oxygen atoms in total. The molecule has 1 aromatic heterocycles. The van der Waals surface area contributed by atoms with Gasteiger partial charge in [-0.05, 0) is 38.8 Å². The molecule has 3 atom stereocenters. The molecular weight excluding hydrogens is 252 g/mol. The third-order valence-electron chi connectivity index (χ3n) is 4.55. The summed E-state index contributed by atoms with van der Waals surface area (Å²) < 4.78 is 5.02. The summed E-state index contributed by atoms with van der Waals surface area (Å²) in [6.07, 6.45) is 3.32. The van der Waals surface area contributed by atoms with Crippen LogP contribution in [-0.4, -0.2) is 46.8 Å². The van der Waals surface area contributed by atoms with E-state index >= 15 is 0 Å². The Morgan fingerprint density at radius 1 is 1.40 bits per heavy atom. The molecule has 1 N–H and O–H groups in total. The van der Waals surface area contributed by atoms with Crippen LogP contribution >= 0.6 is 0 Å². The quantitative estimate of drug-likeness (QED) is 0.864. The highest BCUT2D eigenvalue weighted by Crippen LogP contribution is 2.23. The van der Waals surface area contributed by atoms with Crippen LogP contribution in [-0.2, 0) is 6.42 Å². The lowest BCUT2D eigenvalue weighted by Crippen LogP contribution is -2.53. The van der Waals surface area contributed by atoms with Crippen LogP contribution in [0.5, 0.6) is 0 Å². The average molecular weight is 280 g/mol. The molecule has 0 bridgehead atoms. The van der Waals surface area contributed by atoms with Crippen LogP contribution in [0.1, 0.15) is 45.3 Å². The van der Waals surface area contributed by atoms with Gasteiger partial charge in [-0.15, -0.1) is 0 Å². The van der Waals surface area contributed by atoms with Gasteiger partial charge in [-0.2, -0.15) is 4.98 Å². The Morgan fingerprint density at radius 2 is 2.20 bits per heavy atom. The van der Waals surface area contributed by atoms with Gasteiger partial charge >= 0.3 is 0 Å². The first kappa shape index (κ1) is 15.4. The van der Waals surface area contributed by atoms with Crippen LogP contribution in [0, 0.1) is 12.8 Å². The minimum Gasteiger partial charge on any atom is -0.340 e. The second kappa shape index (κ2) is 7.18. The highest BCUT2D eigenvalue weighted by Gasteiger charge is 2.31.